The first kappa shape index (κ1) is 14.5. The summed E-state index contributed by atoms with van der Waals surface area (Å²) >= 11 is 0. The van der Waals surface area contributed by atoms with Crippen molar-refractivity contribution in [2.75, 3.05) is 13.2 Å². The topological polar surface area (TPSA) is 82.1 Å². The highest BCUT2D eigenvalue weighted by Gasteiger charge is 2.49. The van der Waals surface area contributed by atoms with E-state index >= 15 is 0 Å². The molecule has 2 fully saturated rings. The molecule has 0 saturated carbocycles. The molecule has 2 saturated heterocycles. The van der Waals surface area contributed by atoms with Gasteiger partial charge in [0.15, 0.2) is 0 Å². The van der Waals surface area contributed by atoms with Crippen LogP contribution in [-0.2, 0) is 24.0 Å². The van der Waals surface area contributed by atoms with Crippen LogP contribution >= 0.6 is 0 Å². The molecule has 0 unspecified atom stereocenters. The van der Waals surface area contributed by atoms with Crippen molar-refractivity contribution < 1.29 is 26.9 Å². The minimum Gasteiger partial charge on any atom is -0.443 e. The van der Waals surface area contributed by atoms with Gasteiger partial charge >= 0.3 is 16.4 Å². The molecule has 2 rings (SSSR count). The fraction of sp³-hybridized carbons (Fsp3) is 0.909. The lowest BCUT2D eigenvalue weighted by Crippen LogP contribution is -2.47. The maximum atomic E-state index is 12.0. The van der Waals surface area contributed by atoms with Gasteiger partial charge in [0, 0.05) is 6.61 Å². The van der Waals surface area contributed by atoms with Gasteiger partial charge in [-0.15, -0.1) is 0 Å². The Bertz CT molecular complexity index is 448. The summed E-state index contributed by atoms with van der Waals surface area (Å²) in [4.78, 5) is 12.0. The molecule has 2 heterocycles. The lowest BCUT2D eigenvalue weighted by Gasteiger charge is -2.28. The van der Waals surface area contributed by atoms with Gasteiger partial charge in [0.1, 0.15) is 11.6 Å². The number of carbonyl (C=O) groups excluding carboxylic acids is 1. The first-order chi connectivity index (χ1) is 8.71. The van der Waals surface area contributed by atoms with Gasteiger partial charge < -0.3 is 9.47 Å². The largest absolute Gasteiger partial charge is 0.443 e. The highest BCUT2D eigenvalue weighted by molar-refractivity contribution is 7.85. The van der Waals surface area contributed by atoms with E-state index in [0.717, 1.165) is 6.42 Å². The average Bonchev–Trinajstić information content (AvgIpc) is 2.81. The summed E-state index contributed by atoms with van der Waals surface area (Å²) in [6.07, 6.45) is 0.335. The van der Waals surface area contributed by atoms with Gasteiger partial charge in [0.05, 0.1) is 12.7 Å². The van der Waals surface area contributed by atoms with Crippen LogP contribution in [0.2, 0.25) is 0 Å². The Morgan fingerprint density at radius 2 is 2.05 bits per heavy atom. The van der Waals surface area contributed by atoms with Gasteiger partial charge in [0.2, 0.25) is 0 Å². The molecule has 2 aliphatic heterocycles. The standard InChI is InChI=1S/C11H19NO6S/c1-11(2,3)18-10(13)12-8(7-17-19(12,14)15)9-5-4-6-16-9/h8-9H,4-7H2,1-3H3/t8-,9-/m1/s1. The van der Waals surface area contributed by atoms with Crippen LogP contribution < -0.4 is 0 Å². The molecule has 110 valence electrons. The van der Waals surface area contributed by atoms with Crippen LogP contribution in [0.3, 0.4) is 0 Å². The lowest BCUT2D eigenvalue weighted by molar-refractivity contribution is 0.0143. The van der Waals surface area contributed by atoms with Crippen LogP contribution in [0.4, 0.5) is 4.79 Å². The molecule has 0 aromatic heterocycles. The van der Waals surface area contributed by atoms with Gasteiger partial charge in [-0.2, -0.15) is 12.7 Å². The molecule has 8 heteroatoms. The van der Waals surface area contributed by atoms with Crippen molar-refractivity contribution in [2.24, 2.45) is 0 Å². The van der Waals surface area contributed by atoms with Crippen molar-refractivity contribution in [1.29, 1.82) is 0 Å². The fourth-order valence-corrected chi connectivity index (χ4v) is 3.32. The maximum Gasteiger partial charge on any atom is 0.426 e. The Hall–Kier alpha value is -0.860. The Kier molecular flexibility index (Phi) is 3.76. The van der Waals surface area contributed by atoms with Gasteiger partial charge in [-0.1, -0.05) is 0 Å². The van der Waals surface area contributed by atoms with Crippen molar-refractivity contribution in [1.82, 2.24) is 4.31 Å². The van der Waals surface area contributed by atoms with Crippen LogP contribution in [0.1, 0.15) is 33.6 Å². The molecule has 2 atom stereocenters. The van der Waals surface area contributed by atoms with Crippen LogP contribution in [0, 0.1) is 0 Å². The zero-order valence-corrected chi connectivity index (χ0v) is 12.1. The van der Waals surface area contributed by atoms with E-state index in [1.807, 2.05) is 0 Å². The minimum atomic E-state index is -4.07. The van der Waals surface area contributed by atoms with Crippen molar-refractivity contribution in [3.8, 4) is 0 Å². The van der Waals surface area contributed by atoms with Crippen molar-refractivity contribution in [3.05, 3.63) is 0 Å². The van der Waals surface area contributed by atoms with Crippen molar-refractivity contribution >= 4 is 16.4 Å². The number of hydrogen-bond donors (Lipinski definition) is 0. The average molecular weight is 293 g/mol. The predicted molar refractivity (Wildman–Crippen MR) is 65.7 cm³/mol. The van der Waals surface area contributed by atoms with Crippen LogP contribution in [0.5, 0.6) is 0 Å². The summed E-state index contributed by atoms with van der Waals surface area (Å²) in [7, 11) is -4.07. The zero-order chi connectivity index (χ0) is 14.3. The second-order valence-corrected chi connectivity index (χ2v) is 7.12. The van der Waals surface area contributed by atoms with E-state index in [2.05, 4.69) is 0 Å². The monoisotopic (exact) mass is 293 g/mol. The SMILES string of the molecule is CC(C)(C)OC(=O)N1[C@@H]([C@H]2CCCO2)COS1(=O)=O. The summed E-state index contributed by atoms with van der Waals surface area (Å²) in [6, 6.07) is -0.637. The lowest BCUT2D eigenvalue weighted by atomic mass is 10.1. The summed E-state index contributed by atoms with van der Waals surface area (Å²) < 4.78 is 39.6. The molecule has 0 aliphatic carbocycles. The molecule has 19 heavy (non-hydrogen) atoms. The summed E-state index contributed by atoms with van der Waals surface area (Å²) in [5.74, 6) is 0. The number of hydrogen-bond acceptors (Lipinski definition) is 6. The highest BCUT2D eigenvalue weighted by Crippen LogP contribution is 2.29. The third-order valence-electron chi connectivity index (χ3n) is 2.90. The molecule has 0 N–H and O–H groups in total. The summed E-state index contributed by atoms with van der Waals surface area (Å²) in [6.45, 7) is 5.52. The van der Waals surface area contributed by atoms with E-state index in [-0.39, 0.29) is 12.7 Å². The molecular formula is C11H19NO6S. The van der Waals surface area contributed by atoms with Crippen LogP contribution in [0.25, 0.3) is 0 Å². The van der Waals surface area contributed by atoms with E-state index in [9.17, 15) is 13.2 Å². The second-order valence-electron chi connectivity index (χ2n) is 5.64. The molecule has 7 nitrogen and oxygen atoms in total. The smallest absolute Gasteiger partial charge is 0.426 e. The van der Waals surface area contributed by atoms with Crippen molar-refractivity contribution in [3.63, 3.8) is 0 Å². The van der Waals surface area contributed by atoms with Gasteiger partial charge in [0.25, 0.3) is 0 Å². The first-order valence-corrected chi connectivity index (χ1v) is 7.60. The van der Waals surface area contributed by atoms with Crippen molar-refractivity contribution in [2.45, 2.75) is 51.4 Å². The Morgan fingerprint density at radius 3 is 2.58 bits per heavy atom. The van der Waals surface area contributed by atoms with E-state index < -0.39 is 28.0 Å². The summed E-state index contributed by atoms with van der Waals surface area (Å²) in [5.41, 5.74) is -0.768. The number of carbonyl (C=O) groups is 1. The minimum absolute atomic E-state index is 0.0771. The third kappa shape index (κ3) is 3.18. The molecule has 0 bridgehead atoms. The highest BCUT2D eigenvalue weighted by atomic mass is 32.2. The fourth-order valence-electron chi connectivity index (χ4n) is 2.14. The zero-order valence-electron chi connectivity index (χ0n) is 11.3. The van der Waals surface area contributed by atoms with Gasteiger partial charge in [-0.25, -0.2) is 4.79 Å². The second kappa shape index (κ2) is 4.92. The molecule has 0 aromatic carbocycles. The van der Waals surface area contributed by atoms with Crippen LogP contribution in [0.15, 0.2) is 0 Å². The number of nitrogens with zero attached hydrogens (tertiary/aromatic N) is 1. The molecule has 0 aromatic rings. The number of amides is 1. The first-order valence-electron chi connectivity index (χ1n) is 6.24. The maximum absolute atomic E-state index is 12.0. The van der Waals surface area contributed by atoms with E-state index in [4.69, 9.17) is 13.7 Å². The van der Waals surface area contributed by atoms with E-state index in [1.54, 1.807) is 20.8 Å². The molecule has 0 radical (unpaired) electrons. The van der Waals surface area contributed by atoms with Gasteiger partial charge in [-0.3, -0.25) is 4.18 Å². The quantitative estimate of drug-likeness (QED) is 0.718. The third-order valence-corrected chi connectivity index (χ3v) is 4.23. The number of ether oxygens (including phenoxy) is 2. The Morgan fingerprint density at radius 1 is 1.37 bits per heavy atom. The Labute approximate surface area is 113 Å². The predicted octanol–water partition coefficient (Wildman–Crippen LogP) is 1.05. The van der Waals surface area contributed by atoms with E-state index in [0.29, 0.717) is 17.3 Å². The molecular weight excluding hydrogens is 274 g/mol. The van der Waals surface area contributed by atoms with Gasteiger partial charge in [-0.05, 0) is 33.6 Å². The summed E-state index contributed by atoms with van der Waals surface area (Å²) in [5, 5.41) is 0. The molecule has 0 spiro atoms. The molecule has 1 amide bonds. The van der Waals surface area contributed by atoms with E-state index in [1.165, 1.54) is 0 Å². The number of rotatable bonds is 1. The van der Waals surface area contributed by atoms with Crippen LogP contribution in [-0.4, -0.2) is 49.8 Å². The molecule has 2 aliphatic rings. The Balaban J connectivity index is 2.19. The normalized spacial score (nSPS) is 30.6.